The molecule has 0 fully saturated rings. The summed E-state index contributed by atoms with van der Waals surface area (Å²) in [5.41, 5.74) is 1.19. The van der Waals surface area contributed by atoms with E-state index in [1.165, 1.54) is 23.5 Å². The highest BCUT2D eigenvalue weighted by molar-refractivity contribution is 9.12. The smallest absolute Gasteiger partial charge is 0.173 e. The highest BCUT2D eigenvalue weighted by Gasteiger charge is 2.30. The Kier molecular flexibility index (Phi) is 3.91. The molecule has 2 heterocycles. The summed E-state index contributed by atoms with van der Waals surface area (Å²) in [6.45, 7) is 0. The minimum Gasteiger partial charge on any atom is -0.338 e. The average molecular weight is 370 g/mol. The number of halogens is 3. The summed E-state index contributed by atoms with van der Waals surface area (Å²) in [4.78, 5) is 13.8. The average Bonchev–Trinajstić information content (AvgIpc) is 2.95. The van der Waals surface area contributed by atoms with Gasteiger partial charge in [0, 0.05) is 29.6 Å². The highest BCUT2D eigenvalue weighted by Crippen LogP contribution is 2.38. The van der Waals surface area contributed by atoms with Gasteiger partial charge in [0.2, 0.25) is 0 Å². The number of hydrogen-bond donors (Lipinski definition) is 0. The number of allylic oxidation sites excluding steroid dienone is 1. The van der Waals surface area contributed by atoms with E-state index >= 15 is 0 Å². The van der Waals surface area contributed by atoms with E-state index in [1.807, 2.05) is 21.7 Å². The van der Waals surface area contributed by atoms with Crippen LogP contribution >= 0.6 is 27.3 Å². The Morgan fingerprint density at radius 2 is 2.10 bits per heavy atom. The molecule has 2 aromatic rings. The van der Waals surface area contributed by atoms with Gasteiger partial charge in [-0.15, -0.1) is 0 Å². The van der Waals surface area contributed by atoms with Crippen molar-refractivity contribution < 1.29 is 13.6 Å². The topological polar surface area (TPSA) is 20.3 Å². The van der Waals surface area contributed by atoms with Crippen LogP contribution in [0.5, 0.6) is 0 Å². The number of thiophene rings is 1. The molecule has 1 unspecified atom stereocenters. The molecule has 1 aromatic carbocycles. The summed E-state index contributed by atoms with van der Waals surface area (Å²) in [7, 11) is 0. The van der Waals surface area contributed by atoms with Crippen LogP contribution in [0.4, 0.5) is 14.5 Å². The quantitative estimate of drug-likeness (QED) is 0.758. The Morgan fingerprint density at radius 3 is 2.76 bits per heavy atom. The van der Waals surface area contributed by atoms with Gasteiger partial charge in [0.1, 0.15) is 11.6 Å². The molecular weight excluding hydrogens is 360 g/mol. The van der Waals surface area contributed by atoms with Gasteiger partial charge in [0.15, 0.2) is 5.78 Å². The summed E-state index contributed by atoms with van der Waals surface area (Å²) >= 11 is 4.74. The van der Waals surface area contributed by atoms with E-state index < -0.39 is 17.7 Å². The van der Waals surface area contributed by atoms with E-state index in [9.17, 15) is 13.6 Å². The Bertz CT molecular complexity index is 714. The Labute approximate surface area is 132 Å². The van der Waals surface area contributed by atoms with Crippen LogP contribution in [0.2, 0.25) is 0 Å². The van der Waals surface area contributed by atoms with Gasteiger partial charge < -0.3 is 4.90 Å². The number of benzene rings is 1. The molecule has 0 N–H and O–H groups in total. The first-order valence-electron chi connectivity index (χ1n) is 6.22. The second-order valence-electron chi connectivity index (χ2n) is 4.67. The predicted molar refractivity (Wildman–Crippen MR) is 82.5 cm³/mol. The zero-order chi connectivity index (χ0) is 15.0. The van der Waals surface area contributed by atoms with Gasteiger partial charge in [-0.25, -0.2) is 8.78 Å². The molecule has 2 nitrogen and oxygen atoms in total. The third-order valence-electron chi connectivity index (χ3n) is 3.36. The number of nitrogens with zero attached hydrogens (tertiary/aromatic N) is 1. The van der Waals surface area contributed by atoms with Gasteiger partial charge in [-0.2, -0.15) is 11.3 Å². The molecule has 1 atom stereocenters. The van der Waals surface area contributed by atoms with E-state index in [1.54, 1.807) is 6.20 Å². The van der Waals surface area contributed by atoms with Crippen molar-refractivity contribution in [1.82, 2.24) is 0 Å². The van der Waals surface area contributed by atoms with Crippen LogP contribution in [-0.4, -0.2) is 5.78 Å². The van der Waals surface area contributed by atoms with Gasteiger partial charge >= 0.3 is 0 Å². The molecule has 0 saturated carbocycles. The Hall–Kier alpha value is -1.53. The largest absolute Gasteiger partial charge is 0.338 e. The van der Waals surface area contributed by atoms with Gasteiger partial charge in [0.25, 0.3) is 0 Å². The lowest BCUT2D eigenvalue weighted by atomic mass is 9.96. The fraction of sp³-hybridized carbons (Fsp3) is 0.133. The fourth-order valence-electron chi connectivity index (χ4n) is 2.35. The first kappa shape index (κ1) is 14.4. The second-order valence-corrected chi connectivity index (χ2v) is 6.31. The van der Waals surface area contributed by atoms with Gasteiger partial charge in [0.05, 0.1) is 16.2 Å². The molecule has 6 heteroatoms. The molecule has 0 saturated heterocycles. The van der Waals surface area contributed by atoms with Crippen molar-refractivity contribution in [2.45, 2.75) is 12.5 Å². The number of rotatable bonds is 2. The zero-order valence-corrected chi connectivity index (χ0v) is 13.1. The number of Topliss-reactive ketones (excluding diaryl/α,β-unsaturated/α-hetero) is 1. The first-order valence-corrected chi connectivity index (χ1v) is 7.96. The lowest BCUT2D eigenvalue weighted by molar-refractivity contribution is -0.115. The molecule has 108 valence electrons. The maximum Gasteiger partial charge on any atom is 0.173 e. The van der Waals surface area contributed by atoms with Crippen molar-refractivity contribution >= 4 is 38.7 Å². The maximum absolute atomic E-state index is 14.1. The molecule has 1 aliphatic heterocycles. The minimum absolute atomic E-state index is 0.102. The summed E-state index contributed by atoms with van der Waals surface area (Å²) < 4.78 is 27.6. The molecule has 0 aliphatic carbocycles. The molecule has 1 aromatic heterocycles. The zero-order valence-electron chi connectivity index (χ0n) is 10.7. The summed E-state index contributed by atoms with van der Waals surface area (Å²) in [6.07, 6.45) is 1.79. The van der Waals surface area contributed by atoms with Crippen molar-refractivity contribution in [3.05, 3.63) is 62.9 Å². The number of carbonyl (C=O) groups excluding carboxylic acids is 1. The summed E-state index contributed by atoms with van der Waals surface area (Å²) in [5.74, 6) is -1.37. The third-order valence-corrected chi connectivity index (χ3v) is 4.68. The van der Waals surface area contributed by atoms with Gasteiger partial charge in [-0.1, -0.05) is 6.07 Å². The van der Waals surface area contributed by atoms with Crippen molar-refractivity contribution in [3.8, 4) is 0 Å². The predicted octanol–water partition coefficient (Wildman–Crippen LogP) is 4.78. The molecule has 0 radical (unpaired) electrons. The highest BCUT2D eigenvalue weighted by atomic mass is 79.9. The van der Waals surface area contributed by atoms with Crippen molar-refractivity contribution in [2.75, 3.05) is 4.90 Å². The van der Waals surface area contributed by atoms with Crippen LogP contribution in [0.3, 0.4) is 0 Å². The first-order chi connectivity index (χ1) is 10.1. The number of anilines is 1. The number of hydrogen-bond acceptors (Lipinski definition) is 3. The number of ketones is 1. The molecular formula is C15H10BrF2NOS. The van der Waals surface area contributed by atoms with Crippen LogP contribution in [0, 0.1) is 11.6 Å². The fourth-order valence-corrected chi connectivity index (χ4v) is 3.36. The van der Waals surface area contributed by atoms with Crippen molar-refractivity contribution in [3.63, 3.8) is 0 Å². The summed E-state index contributed by atoms with van der Waals surface area (Å²) in [6, 6.07) is 4.87. The van der Waals surface area contributed by atoms with E-state index in [4.69, 9.17) is 0 Å². The Balaban J connectivity index is 2.08. The number of carbonyl (C=O) groups is 1. The molecule has 0 spiro atoms. The second kappa shape index (κ2) is 5.69. The molecule has 0 amide bonds. The van der Waals surface area contributed by atoms with E-state index in [0.29, 0.717) is 10.0 Å². The third kappa shape index (κ3) is 2.78. The Morgan fingerprint density at radius 1 is 1.29 bits per heavy atom. The van der Waals surface area contributed by atoms with Crippen LogP contribution < -0.4 is 4.90 Å². The molecule has 1 aliphatic rings. The van der Waals surface area contributed by atoms with Crippen LogP contribution in [-0.2, 0) is 4.79 Å². The monoisotopic (exact) mass is 369 g/mol. The van der Waals surface area contributed by atoms with Crippen LogP contribution in [0.15, 0.2) is 45.7 Å². The lowest BCUT2D eigenvalue weighted by Gasteiger charge is -2.33. The lowest BCUT2D eigenvalue weighted by Crippen LogP contribution is -2.30. The van der Waals surface area contributed by atoms with Crippen molar-refractivity contribution in [1.29, 1.82) is 0 Å². The molecule has 3 rings (SSSR count). The standard InChI is InChI=1S/C15H10BrF2NOS/c16-12-7-19(10-3-4-21-8-10)14(6-15(12)20)11-2-1-9(17)5-13(11)18/h1-5,7-8,14H,6H2. The van der Waals surface area contributed by atoms with E-state index in [0.717, 1.165) is 11.8 Å². The normalized spacial score (nSPS) is 18.8. The van der Waals surface area contributed by atoms with Gasteiger partial charge in [-0.3, -0.25) is 4.79 Å². The van der Waals surface area contributed by atoms with Crippen LogP contribution in [0.1, 0.15) is 18.0 Å². The molecule has 21 heavy (non-hydrogen) atoms. The van der Waals surface area contributed by atoms with E-state index in [-0.39, 0.29) is 12.2 Å². The van der Waals surface area contributed by atoms with Crippen LogP contribution in [0.25, 0.3) is 0 Å². The molecule has 0 bridgehead atoms. The maximum atomic E-state index is 14.1. The van der Waals surface area contributed by atoms with E-state index in [2.05, 4.69) is 15.9 Å². The van der Waals surface area contributed by atoms with Gasteiger partial charge in [-0.05, 0) is 33.4 Å². The minimum atomic E-state index is -0.639. The SMILES string of the molecule is O=C1CC(c2ccc(F)cc2F)N(c2ccsc2)C=C1Br. The van der Waals surface area contributed by atoms with Crippen molar-refractivity contribution in [2.24, 2.45) is 0 Å². The summed E-state index contributed by atoms with van der Waals surface area (Å²) in [5, 5.41) is 3.83.